The van der Waals surface area contributed by atoms with E-state index in [4.69, 9.17) is 20.2 Å². The van der Waals surface area contributed by atoms with Crippen LogP contribution in [-0.2, 0) is 9.59 Å². The fourth-order valence-electron chi connectivity index (χ4n) is 7.61. The van der Waals surface area contributed by atoms with Gasteiger partial charge < -0.3 is 51.9 Å². The zero-order chi connectivity index (χ0) is 61.9. The Hall–Kier alpha value is -2.69. The Morgan fingerprint density at radius 1 is 0.519 bits per heavy atom. The predicted molar refractivity (Wildman–Crippen MR) is 338 cm³/mol. The van der Waals surface area contributed by atoms with Crippen LogP contribution in [0.5, 0.6) is 0 Å². The molecule has 1 unspecified atom stereocenters. The van der Waals surface area contributed by atoms with Gasteiger partial charge in [0.05, 0.1) is 30.4 Å². The molecule has 2 aliphatic rings. The molecule has 8 N–H and O–H groups in total. The lowest BCUT2D eigenvalue weighted by molar-refractivity contribution is -0.128. The molecule has 0 saturated carbocycles. The molecule has 2 heterocycles. The minimum Gasteiger partial charge on any atom is -0.400 e. The Bertz CT molecular complexity index is 1670. The highest BCUT2D eigenvalue weighted by Crippen LogP contribution is 2.38. The molecule has 2 amide bonds. The van der Waals surface area contributed by atoms with Crippen molar-refractivity contribution in [2.24, 2.45) is 48.0 Å². The van der Waals surface area contributed by atoms with E-state index >= 15 is 0 Å². The molecule has 15 heteroatoms. The zero-order valence-corrected chi connectivity index (χ0v) is 56.9. The van der Waals surface area contributed by atoms with Crippen LogP contribution in [0.4, 0.5) is 0 Å². The van der Waals surface area contributed by atoms with Crippen LogP contribution in [0.15, 0.2) is 15.0 Å². The third-order valence-corrected chi connectivity index (χ3v) is 10.8. The molecule has 0 radical (unpaired) electrons. The number of nitrogens with one attached hydrogen (secondary N) is 6. The van der Waals surface area contributed by atoms with E-state index in [1.807, 2.05) is 41.5 Å². The molecular weight excluding hydrogens is 963 g/mol. The van der Waals surface area contributed by atoms with Gasteiger partial charge in [0.15, 0.2) is 0 Å². The van der Waals surface area contributed by atoms with Gasteiger partial charge in [-0.3, -0.25) is 24.6 Å². The summed E-state index contributed by atoms with van der Waals surface area (Å²) in [4.78, 5) is 42.7. The minimum atomic E-state index is -0.298. The minimum absolute atomic E-state index is 0.00562. The average Bonchev–Trinajstić information content (AvgIpc) is 3.83. The summed E-state index contributed by atoms with van der Waals surface area (Å²) in [5.41, 5.74) is 1.78. The standard InChI is InChI=1S/C23H46N4.C14H29N3.C13H29N3O.C10H21NO.2CH4O/c1-20(2,3)17(18(21(4,5)6)26-23(10,11)12)19-24-13-15-27(19)16-14-25-22(7,8)9;1-13(2,3)11-12-15-7-9-17(12)10-8-16-14(4,5)6;1-12(2,3)11(17)15-9-7-14-8-10-16-13(4,5)6;1-9(2,3)7-8(12)11-10(4,5)6;2*1-2/h17,25H,13-16H2,1-12H3;16H,7-11H2,1-6H3;14,16H,7-10H2,1-6H3,(H,15,17);7H2,1-6H3,(H,11,12);2*2H,1H3. The lowest BCUT2D eigenvalue weighted by Gasteiger charge is -2.41. The number of carbonyl (C=O) groups excluding carboxylic acids is 2. The summed E-state index contributed by atoms with van der Waals surface area (Å²) in [6.45, 7) is 76.3. The lowest BCUT2D eigenvalue weighted by atomic mass is 9.69. The first-order chi connectivity index (χ1) is 34.3. The maximum Gasteiger partial charge on any atom is 0.225 e. The monoisotopic (exact) mass is 1100 g/mol. The lowest BCUT2D eigenvalue weighted by Crippen LogP contribution is -2.50. The third kappa shape index (κ3) is 47.8. The van der Waals surface area contributed by atoms with Crippen LogP contribution in [0.2, 0.25) is 0 Å². The van der Waals surface area contributed by atoms with E-state index in [1.165, 1.54) is 17.4 Å². The third-order valence-electron chi connectivity index (χ3n) is 10.8. The fourth-order valence-corrected chi connectivity index (χ4v) is 7.61. The van der Waals surface area contributed by atoms with Gasteiger partial charge in [-0.1, -0.05) is 104 Å². The SMILES string of the molecule is CC(C)(C)CC(=O)NC(C)(C)C.CC(C)(C)CC1=NCCN1CCNC(C)(C)C.CC(C)(C)N=C(C(C1=NCCN1CCNC(C)(C)C)C(C)(C)C)C(C)(C)C.CC(C)(C)NCCNCCNC(=O)C(C)(C)C.CO.CO. The second-order valence-electron chi connectivity index (χ2n) is 31.3. The van der Waals surface area contributed by atoms with Crippen molar-refractivity contribution < 1.29 is 19.8 Å². The van der Waals surface area contributed by atoms with Crippen LogP contribution in [0, 0.1) is 33.0 Å². The van der Waals surface area contributed by atoms with Gasteiger partial charge in [-0.25, -0.2) is 0 Å². The number of rotatable bonds is 16. The number of aliphatic hydroxyl groups excluding tert-OH is 2. The molecule has 2 rings (SSSR count). The van der Waals surface area contributed by atoms with Crippen molar-refractivity contribution in [3.63, 3.8) is 0 Å². The maximum absolute atomic E-state index is 11.5. The summed E-state index contributed by atoms with van der Waals surface area (Å²) in [6.07, 6.45) is 1.67. The van der Waals surface area contributed by atoms with Crippen molar-refractivity contribution in [3.05, 3.63) is 0 Å². The molecule has 77 heavy (non-hydrogen) atoms. The quantitative estimate of drug-likeness (QED) is 0.0546. The normalized spacial score (nSPS) is 15.4. The van der Waals surface area contributed by atoms with Crippen LogP contribution in [0.1, 0.15) is 221 Å². The smallest absolute Gasteiger partial charge is 0.225 e. The van der Waals surface area contributed by atoms with E-state index in [-0.39, 0.29) is 67.1 Å². The van der Waals surface area contributed by atoms with Crippen LogP contribution >= 0.6 is 0 Å². The molecule has 0 spiro atoms. The molecular formula is C62H133N11O4. The molecule has 2 aliphatic heterocycles. The molecule has 15 nitrogen and oxygen atoms in total. The predicted octanol–water partition coefficient (Wildman–Crippen LogP) is 10.2. The van der Waals surface area contributed by atoms with Crippen LogP contribution < -0.4 is 31.9 Å². The molecule has 0 aromatic carbocycles. The first kappa shape index (κ1) is 80.8. The molecule has 1 atom stereocenters. The van der Waals surface area contributed by atoms with Crippen LogP contribution in [0.25, 0.3) is 0 Å². The van der Waals surface area contributed by atoms with Gasteiger partial charge in [-0.2, -0.15) is 0 Å². The van der Waals surface area contributed by atoms with Crippen molar-refractivity contribution in [2.75, 3.05) is 92.8 Å². The van der Waals surface area contributed by atoms with Gasteiger partial charge in [0.1, 0.15) is 5.84 Å². The Morgan fingerprint density at radius 3 is 1.31 bits per heavy atom. The number of amides is 2. The van der Waals surface area contributed by atoms with Gasteiger partial charge in [-0.05, 0) is 120 Å². The second kappa shape index (κ2) is 35.2. The number of hydrogen-bond acceptors (Lipinski definition) is 13. The maximum atomic E-state index is 11.5. The molecule has 0 fully saturated rings. The molecule has 0 aromatic heterocycles. The first-order valence-corrected chi connectivity index (χ1v) is 28.9. The van der Waals surface area contributed by atoms with Crippen molar-refractivity contribution in [1.29, 1.82) is 0 Å². The summed E-state index contributed by atoms with van der Waals surface area (Å²) in [7, 11) is 2.00. The Kier molecular flexibility index (Phi) is 37.0. The van der Waals surface area contributed by atoms with Gasteiger partial charge in [0.2, 0.25) is 11.8 Å². The molecule has 0 aliphatic carbocycles. The van der Waals surface area contributed by atoms with Crippen molar-refractivity contribution in [2.45, 2.75) is 248 Å². The van der Waals surface area contributed by atoms with E-state index < -0.39 is 0 Å². The number of nitrogens with zero attached hydrogens (tertiary/aromatic N) is 5. The topological polar surface area (TPSA) is 190 Å². The van der Waals surface area contributed by atoms with E-state index in [0.29, 0.717) is 18.4 Å². The van der Waals surface area contributed by atoms with E-state index in [9.17, 15) is 9.59 Å². The van der Waals surface area contributed by atoms with E-state index in [1.54, 1.807) is 0 Å². The number of amidine groups is 2. The van der Waals surface area contributed by atoms with Crippen molar-refractivity contribution in [1.82, 2.24) is 41.7 Å². The van der Waals surface area contributed by atoms with Crippen molar-refractivity contribution in [3.8, 4) is 0 Å². The van der Waals surface area contributed by atoms with Crippen molar-refractivity contribution >= 4 is 29.2 Å². The number of carbonyl (C=O) groups is 2. The first-order valence-electron chi connectivity index (χ1n) is 28.9. The highest BCUT2D eigenvalue weighted by molar-refractivity contribution is 6.10. The Morgan fingerprint density at radius 2 is 0.935 bits per heavy atom. The zero-order valence-electron chi connectivity index (χ0n) is 56.9. The van der Waals surface area contributed by atoms with E-state index in [0.717, 1.165) is 92.6 Å². The highest BCUT2D eigenvalue weighted by Gasteiger charge is 2.42. The fraction of sp³-hybridized carbons (Fsp3) is 0.919. The number of hydrogen-bond donors (Lipinski definition) is 8. The summed E-state index contributed by atoms with van der Waals surface area (Å²) >= 11 is 0. The summed E-state index contributed by atoms with van der Waals surface area (Å²) < 4.78 is 0. The highest BCUT2D eigenvalue weighted by atomic mass is 16.2. The van der Waals surface area contributed by atoms with Crippen LogP contribution in [-0.4, -0.2) is 170 Å². The average molecular weight is 1100 g/mol. The summed E-state index contributed by atoms with van der Waals surface area (Å²) in [5, 5.41) is 33.7. The Balaban J connectivity index is -0.000000469. The summed E-state index contributed by atoms with van der Waals surface area (Å²) in [5.74, 6) is 3.00. The number of aliphatic hydroxyl groups is 2. The van der Waals surface area contributed by atoms with E-state index in [2.05, 4.69) is 213 Å². The molecule has 0 bridgehead atoms. The van der Waals surface area contributed by atoms with Gasteiger partial charge in [0.25, 0.3) is 0 Å². The van der Waals surface area contributed by atoms with Crippen LogP contribution in [0.3, 0.4) is 0 Å². The largest absolute Gasteiger partial charge is 0.400 e. The molecule has 460 valence electrons. The molecule has 0 saturated heterocycles. The Labute approximate surface area is 477 Å². The van der Waals surface area contributed by atoms with Gasteiger partial charge in [0, 0.05) is 131 Å². The van der Waals surface area contributed by atoms with Gasteiger partial charge >= 0.3 is 0 Å². The number of aliphatic imine (C=N–C) groups is 3. The summed E-state index contributed by atoms with van der Waals surface area (Å²) in [6, 6.07) is 0. The second-order valence-corrected chi connectivity index (χ2v) is 31.3. The van der Waals surface area contributed by atoms with Gasteiger partial charge in [-0.15, -0.1) is 0 Å². The molecule has 0 aromatic rings.